The van der Waals surface area contributed by atoms with Crippen molar-refractivity contribution in [2.24, 2.45) is 0 Å². The highest BCUT2D eigenvalue weighted by Gasteiger charge is 2.43. The van der Waals surface area contributed by atoms with E-state index in [0.717, 1.165) is 36.0 Å². The van der Waals surface area contributed by atoms with Crippen LogP contribution in [0.25, 0.3) is 11.1 Å². The van der Waals surface area contributed by atoms with Crippen LogP contribution in [0.5, 0.6) is 0 Å². The molecule has 30 heavy (non-hydrogen) atoms. The number of nitrogen functional groups attached to an aromatic ring is 1. The van der Waals surface area contributed by atoms with E-state index in [1.807, 2.05) is 24.3 Å². The predicted molar refractivity (Wildman–Crippen MR) is 119 cm³/mol. The fourth-order valence-corrected chi connectivity index (χ4v) is 3.92. The fraction of sp³-hybridized carbons (Fsp3) is 0.182. The van der Waals surface area contributed by atoms with Gasteiger partial charge in [-0.1, -0.05) is 53.9 Å². The topological polar surface area (TPSA) is 105 Å². The van der Waals surface area contributed by atoms with E-state index in [1.54, 1.807) is 24.5 Å². The fourth-order valence-electron chi connectivity index (χ4n) is 3.62. The zero-order valence-corrected chi connectivity index (χ0v) is 17.5. The molecule has 1 aliphatic carbocycles. The first-order valence-corrected chi connectivity index (χ1v) is 10.2. The van der Waals surface area contributed by atoms with Crippen LogP contribution in [-0.2, 0) is 5.41 Å². The first kappa shape index (κ1) is 20.3. The Bertz CT molecular complexity index is 1110. The molecule has 4 rings (SSSR count). The van der Waals surface area contributed by atoms with Crippen molar-refractivity contribution in [2.75, 3.05) is 5.73 Å². The van der Waals surface area contributed by atoms with Crippen molar-refractivity contribution in [2.45, 2.75) is 24.7 Å². The summed E-state index contributed by atoms with van der Waals surface area (Å²) in [5.74, 6) is 0.0452. The van der Waals surface area contributed by atoms with Crippen molar-refractivity contribution < 1.29 is 4.79 Å². The van der Waals surface area contributed by atoms with Crippen molar-refractivity contribution in [3.63, 3.8) is 0 Å². The summed E-state index contributed by atoms with van der Waals surface area (Å²) in [6.07, 6.45) is 5.96. The van der Waals surface area contributed by atoms with Gasteiger partial charge in [-0.3, -0.25) is 10.2 Å². The van der Waals surface area contributed by atoms with Gasteiger partial charge < -0.3 is 11.1 Å². The molecule has 0 saturated heterocycles. The summed E-state index contributed by atoms with van der Waals surface area (Å²) in [5, 5.41) is 12.1. The lowest BCUT2D eigenvalue weighted by molar-refractivity contribution is 0.0972. The number of aromatic nitrogens is 2. The number of hydrogen-bond acceptors (Lipinski definition) is 5. The first-order valence-electron chi connectivity index (χ1n) is 9.43. The molecule has 0 radical (unpaired) electrons. The van der Waals surface area contributed by atoms with Gasteiger partial charge in [0.2, 0.25) is 5.95 Å². The molecule has 0 spiro atoms. The smallest absolute Gasteiger partial charge is 0.256 e. The van der Waals surface area contributed by atoms with Gasteiger partial charge in [0, 0.05) is 23.5 Å². The largest absolute Gasteiger partial charge is 0.368 e. The van der Waals surface area contributed by atoms with Gasteiger partial charge in [-0.25, -0.2) is 9.97 Å². The van der Waals surface area contributed by atoms with Gasteiger partial charge >= 0.3 is 0 Å². The molecule has 2 aromatic carbocycles. The molecular formula is C22H19Cl2N5O. The van der Waals surface area contributed by atoms with Gasteiger partial charge in [-0.2, -0.15) is 0 Å². The molecular weight excluding hydrogens is 421 g/mol. The van der Waals surface area contributed by atoms with Gasteiger partial charge in [-0.05, 0) is 42.2 Å². The van der Waals surface area contributed by atoms with E-state index in [4.69, 9.17) is 34.3 Å². The van der Waals surface area contributed by atoms with Crippen LogP contribution in [0, 0.1) is 5.41 Å². The Morgan fingerprint density at radius 3 is 2.23 bits per heavy atom. The number of benzene rings is 2. The number of amidine groups is 1. The second kappa shape index (κ2) is 8.05. The number of carbonyl (C=O) groups excluding carboxylic acids is 1. The lowest BCUT2D eigenvalue weighted by atomic mass is 9.63. The summed E-state index contributed by atoms with van der Waals surface area (Å²) in [5.41, 5.74) is 8.23. The summed E-state index contributed by atoms with van der Waals surface area (Å²) in [6.45, 7) is 0. The normalized spacial score (nSPS) is 14.6. The molecule has 0 aliphatic heterocycles. The minimum atomic E-state index is -0.498. The van der Waals surface area contributed by atoms with Crippen LogP contribution in [-0.4, -0.2) is 21.7 Å². The van der Waals surface area contributed by atoms with Crippen molar-refractivity contribution in [1.82, 2.24) is 15.3 Å². The molecule has 8 heteroatoms. The maximum absolute atomic E-state index is 12.6. The third kappa shape index (κ3) is 3.76. The Morgan fingerprint density at radius 2 is 1.67 bits per heavy atom. The Kier molecular flexibility index (Phi) is 5.45. The lowest BCUT2D eigenvalue weighted by Crippen LogP contribution is -2.50. The van der Waals surface area contributed by atoms with E-state index in [1.165, 1.54) is 6.07 Å². The van der Waals surface area contributed by atoms with E-state index in [0.29, 0.717) is 15.6 Å². The molecule has 1 aliphatic rings. The van der Waals surface area contributed by atoms with E-state index in [9.17, 15) is 4.79 Å². The summed E-state index contributed by atoms with van der Waals surface area (Å²) in [6, 6.07) is 12.6. The maximum Gasteiger partial charge on any atom is 0.256 e. The number of nitrogens with two attached hydrogens (primary N) is 1. The number of anilines is 1. The van der Waals surface area contributed by atoms with Gasteiger partial charge in [-0.15, -0.1) is 0 Å². The molecule has 1 saturated carbocycles. The number of amides is 1. The van der Waals surface area contributed by atoms with Crippen molar-refractivity contribution >= 4 is 40.9 Å². The molecule has 1 heterocycles. The van der Waals surface area contributed by atoms with Crippen molar-refractivity contribution in [3.05, 3.63) is 76.0 Å². The standard InChI is InChI=1S/C22H19Cl2N5O/c23-17-7-4-14(10-18(17)24)19(30)29-20(25)22(8-1-9-22)16-5-2-13(3-6-16)15-11-27-21(26)28-12-15/h2-7,10-12H,1,8-9H2,(H2,25,29,30)(H2,26,27,28). The lowest BCUT2D eigenvalue weighted by Gasteiger charge is -2.42. The minimum Gasteiger partial charge on any atom is -0.368 e. The van der Waals surface area contributed by atoms with Crippen LogP contribution < -0.4 is 11.1 Å². The molecule has 0 unspecified atom stereocenters. The van der Waals surface area contributed by atoms with Crippen molar-refractivity contribution in [1.29, 1.82) is 5.41 Å². The Balaban J connectivity index is 1.54. The van der Waals surface area contributed by atoms with E-state index < -0.39 is 5.41 Å². The zero-order valence-electron chi connectivity index (χ0n) is 16.0. The Hall–Kier alpha value is -2.96. The van der Waals surface area contributed by atoms with E-state index in [-0.39, 0.29) is 17.7 Å². The summed E-state index contributed by atoms with van der Waals surface area (Å²) in [4.78, 5) is 20.7. The highest BCUT2D eigenvalue weighted by molar-refractivity contribution is 6.42. The molecule has 1 aromatic heterocycles. The molecule has 152 valence electrons. The molecule has 4 N–H and O–H groups in total. The summed E-state index contributed by atoms with van der Waals surface area (Å²) < 4.78 is 0. The summed E-state index contributed by atoms with van der Waals surface area (Å²) >= 11 is 11.9. The van der Waals surface area contributed by atoms with Crippen LogP contribution in [0.1, 0.15) is 35.2 Å². The van der Waals surface area contributed by atoms with Crippen LogP contribution >= 0.6 is 23.2 Å². The molecule has 1 fully saturated rings. The summed E-state index contributed by atoms with van der Waals surface area (Å²) in [7, 11) is 0. The van der Waals surface area contributed by atoms with Crippen LogP contribution in [0.2, 0.25) is 10.0 Å². The Labute approximate surface area is 184 Å². The number of carbonyl (C=O) groups is 1. The van der Waals surface area contributed by atoms with E-state index >= 15 is 0 Å². The predicted octanol–water partition coefficient (Wildman–Crippen LogP) is 4.86. The average Bonchev–Trinajstić information content (AvgIpc) is 2.70. The quantitative estimate of drug-likeness (QED) is 0.398. The second-order valence-corrected chi connectivity index (χ2v) is 8.12. The van der Waals surface area contributed by atoms with Gasteiger partial charge in [0.15, 0.2) is 0 Å². The van der Waals surface area contributed by atoms with E-state index in [2.05, 4.69) is 15.3 Å². The number of nitrogens with one attached hydrogen (secondary N) is 2. The average molecular weight is 440 g/mol. The van der Waals surface area contributed by atoms with Gasteiger partial charge in [0.05, 0.1) is 15.5 Å². The van der Waals surface area contributed by atoms with Gasteiger partial charge in [0.1, 0.15) is 5.84 Å². The van der Waals surface area contributed by atoms with Gasteiger partial charge in [0.25, 0.3) is 5.91 Å². The Morgan fingerprint density at radius 1 is 1.00 bits per heavy atom. The van der Waals surface area contributed by atoms with Crippen LogP contribution in [0.4, 0.5) is 5.95 Å². The molecule has 0 bridgehead atoms. The molecule has 3 aromatic rings. The van der Waals surface area contributed by atoms with Crippen molar-refractivity contribution in [3.8, 4) is 11.1 Å². The highest BCUT2D eigenvalue weighted by Crippen LogP contribution is 2.44. The molecule has 0 atom stereocenters. The highest BCUT2D eigenvalue weighted by atomic mass is 35.5. The third-order valence-corrected chi connectivity index (χ3v) is 6.29. The zero-order chi connectivity index (χ0) is 21.3. The number of rotatable bonds is 4. The number of nitrogens with zero attached hydrogens (tertiary/aromatic N) is 2. The molecule has 6 nitrogen and oxygen atoms in total. The number of halogens is 2. The maximum atomic E-state index is 12.6. The monoisotopic (exact) mass is 439 g/mol. The third-order valence-electron chi connectivity index (χ3n) is 5.55. The minimum absolute atomic E-state index is 0.188. The van der Waals surface area contributed by atoms with Crippen LogP contribution in [0.15, 0.2) is 54.9 Å². The van der Waals surface area contributed by atoms with Crippen LogP contribution in [0.3, 0.4) is 0 Å². The first-order chi connectivity index (χ1) is 14.4. The number of hydrogen-bond donors (Lipinski definition) is 3. The molecule has 1 amide bonds. The second-order valence-electron chi connectivity index (χ2n) is 7.30. The SMILES string of the molecule is N=C(NC(=O)c1ccc(Cl)c(Cl)c1)C1(c2ccc(-c3cnc(N)nc3)cc2)CCC1.